The predicted molar refractivity (Wildman–Crippen MR) is 90.3 cm³/mol. The van der Waals surface area contributed by atoms with Crippen LogP contribution < -0.4 is 4.74 Å². The molecule has 1 aliphatic heterocycles. The van der Waals surface area contributed by atoms with Gasteiger partial charge in [0, 0.05) is 5.02 Å². The molecule has 1 amide bonds. The van der Waals surface area contributed by atoms with E-state index in [0.29, 0.717) is 23.9 Å². The number of amides is 1. The molecule has 3 rings (SSSR count). The summed E-state index contributed by atoms with van der Waals surface area (Å²) in [6.07, 6.45) is 0. The Balaban J connectivity index is 1.64. The molecule has 1 atom stereocenters. The molecule has 2 aromatic carbocycles. The molecule has 1 unspecified atom stereocenters. The Kier molecular flexibility index (Phi) is 4.90. The number of hydrogen-bond donors (Lipinski definition) is 0. The van der Waals surface area contributed by atoms with E-state index in [1.807, 2.05) is 59.5 Å². The maximum atomic E-state index is 12.1. The normalized spacial score (nSPS) is 17.8. The first kappa shape index (κ1) is 15.3. The summed E-state index contributed by atoms with van der Waals surface area (Å²) < 4.78 is 5.69. The Hall–Kier alpha value is -1.65. The third kappa shape index (κ3) is 3.57. The zero-order valence-electron chi connectivity index (χ0n) is 11.9. The summed E-state index contributed by atoms with van der Waals surface area (Å²) in [6.45, 7) is 1.05. The van der Waals surface area contributed by atoms with Gasteiger partial charge in [-0.15, -0.1) is 11.8 Å². The number of nitrogens with zero attached hydrogens (tertiary/aromatic N) is 1. The van der Waals surface area contributed by atoms with Crippen molar-refractivity contribution in [2.75, 3.05) is 18.9 Å². The van der Waals surface area contributed by atoms with Gasteiger partial charge in [0.05, 0.1) is 12.3 Å². The lowest BCUT2D eigenvalue weighted by atomic mass is 10.2. The van der Waals surface area contributed by atoms with Gasteiger partial charge in [0.15, 0.2) is 0 Å². The first-order valence-electron chi connectivity index (χ1n) is 7.08. The van der Waals surface area contributed by atoms with Crippen molar-refractivity contribution in [3.63, 3.8) is 0 Å². The second kappa shape index (κ2) is 7.07. The molecule has 0 spiro atoms. The Morgan fingerprint density at radius 2 is 2.00 bits per heavy atom. The number of carbonyl (C=O) groups is 1. The number of hydrogen-bond acceptors (Lipinski definition) is 3. The van der Waals surface area contributed by atoms with Gasteiger partial charge in [0.1, 0.15) is 17.7 Å². The van der Waals surface area contributed by atoms with E-state index < -0.39 is 0 Å². The van der Waals surface area contributed by atoms with Gasteiger partial charge in [0.25, 0.3) is 0 Å². The van der Waals surface area contributed by atoms with Crippen LogP contribution in [0.5, 0.6) is 5.75 Å². The second-order valence-electron chi connectivity index (χ2n) is 4.97. The lowest BCUT2D eigenvalue weighted by molar-refractivity contribution is -0.128. The highest BCUT2D eigenvalue weighted by molar-refractivity contribution is 8.00. The molecule has 5 heteroatoms. The second-order valence-corrected chi connectivity index (χ2v) is 6.47. The van der Waals surface area contributed by atoms with Crippen LogP contribution in [0.3, 0.4) is 0 Å². The zero-order chi connectivity index (χ0) is 15.4. The minimum absolute atomic E-state index is 0.0190. The van der Waals surface area contributed by atoms with Crippen LogP contribution in [0.2, 0.25) is 5.02 Å². The molecule has 0 aliphatic carbocycles. The van der Waals surface area contributed by atoms with Crippen molar-refractivity contribution in [3.8, 4) is 5.75 Å². The molecule has 1 saturated heterocycles. The van der Waals surface area contributed by atoms with Crippen molar-refractivity contribution in [1.82, 2.24) is 4.90 Å². The van der Waals surface area contributed by atoms with E-state index in [4.69, 9.17) is 16.3 Å². The first-order valence-corrected chi connectivity index (χ1v) is 8.51. The Morgan fingerprint density at radius 3 is 2.77 bits per heavy atom. The van der Waals surface area contributed by atoms with E-state index in [0.717, 1.165) is 11.3 Å². The standard InChI is InChI=1S/C17H16ClNO2S/c18-14-6-4-5-13(11-14)17-19(16(20)12-22-17)9-10-21-15-7-2-1-3-8-15/h1-8,11,17H,9-10,12H2. The fourth-order valence-electron chi connectivity index (χ4n) is 2.41. The summed E-state index contributed by atoms with van der Waals surface area (Å²) in [5.74, 6) is 1.47. The first-order chi connectivity index (χ1) is 10.7. The minimum Gasteiger partial charge on any atom is -0.492 e. The molecule has 1 fully saturated rings. The summed E-state index contributed by atoms with van der Waals surface area (Å²) in [5.41, 5.74) is 1.06. The molecular formula is C17H16ClNO2S. The van der Waals surface area contributed by atoms with Gasteiger partial charge < -0.3 is 9.64 Å². The Bertz CT molecular complexity index is 650. The van der Waals surface area contributed by atoms with E-state index in [-0.39, 0.29) is 11.3 Å². The average Bonchev–Trinajstić information content (AvgIpc) is 2.90. The number of para-hydroxylation sites is 1. The molecule has 3 nitrogen and oxygen atoms in total. The van der Waals surface area contributed by atoms with Crippen LogP contribution >= 0.6 is 23.4 Å². The van der Waals surface area contributed by atoms with Gasteiger partial charge in [-0.2, -0.15) is 0 Å². The van der Waals surface area contributed by atoms with Crippen molar-refractivity contribution < 1.29 is 9.53 Å². The number of rotatable bonds is 5. The van der Waals surface area contributed by atoms with Gasteiger partial charge in [0.2, 0.25) is 5.91 Å². The van der Waals surface area contributed by atoms with Crippen LogP contribution in [0.4, 0.5) is 0 Å². The van der Waals surface area contributed by atoms with Crippen LogP contribution in [0.25, 0.3) is 0 Å². The SMILES string of the molecule is O=C1CSC(c2cccc(Cl)c2)N1CCOc1ccccc1. The van der Waals surface area contributed by atoms with E-state index >= 15 is 0 Å². The maximum Gasteiger partial charge on any atom is 0.233 e. The van der Waals surface area contributed by atoms with Crippen LogP contribution in [0.1, 0.15) is 10.9 Å². The lowest BCUT2D eigenvalue weighted by Gasteiger charge is -2.24. The third-order valence-electron chi connectivity index (χ3n) is 3.45. The van der Waals surface area contributed by atoms with Crippen molar-refractivity contribution in [3.05, 3.63) is 65.2 Å². The summed E-state index contributed by atoms with van der Waals surface area (Å²) in [6, 6.07) is 17.3. The van der Waals surface area contributed by atoms with Crippen molar-refractivity contribution in [1.29, 1.82) is 0 Å². The number of benzene rings is 2. The van der Waals surface area contributed by atoms with Gasteiger partial charge >= 0.3 is 0 Å². The van der Waals surface area contributed by atoms with Crippen molar-refractivity contribution in [2.45, 2.75) is 5.37 Å². The van der Waals surface area contributed by atoms with Gasteiger partial charge in [-0.25, -0.2) is 0 Å². The van der Waals surface area contributed by atoms with Crippen LogP contribution in [0, 0.1) is 0 Å². The highest BCUT2D eigenvalue weighted by atomic mass is 35.5. The third-order valence-corrected chi connectivity index (χ3v) is 4.94. The summed E-state index contributed by atoms with van der Waals surface area (Å²) >= 11 is 7.68. The number of carbonyl (C=O) groups excluding carboxylic acids is 1. The molecule has 1 heterocycles. The topological polar surface area (TPSA) is 29.5 Å². The lowest BCUT2D eigenvalue weighted by Crippen LogP contribution is -2.32. The number of thioether (sulfide) groups is 1. The molecular weight excluding hydrogens is 318 g/mol. The smallest absolute Gasteiger partial charge is 0.233 e. The van der Waals surface area contributed by atoms with Crippen LogP contribution in [-0.4, -0.2) is 29.7 Å². The highest BCUT2D eigenvalue weighted by Gasteiger charge is 2.32. The number of halogens is 1. The fraction of sp³-hybridized carbons (Fsp3) is 0.235. The van der Waals surface area contributed by atoms with Crippen molar-refractivity contribution in [2.24, 2.45) is 0 Å². The van der Waals surface area contributed by atoms with Crippen molar-refractivity contribution >= 4 is 29.3 Å². The molecule has 0 saturated carbocycles. The quantitative estimate of drug-likeness (QED) is 0.828. The van der Waals surface area contributed by atoms with Gasteiger partial charge in [-0.1, -0.05) is 41.9 Å². The minimum atomic E-state index is 0.0190. The monoisotopic (exact) mass is 333 g/mol. The predicted octanol–water partition coefficient (Wildman–Crippen LogP) is 3.99. The van der Waals surface area contributed by atoms with E-state index in [9.17, 15) is 4.79 Å². The van der Waals surface area contributed by atoms with E-state index in [1.165, 1.54) is 0 Å². The number of ether oxygens (including phenoxy) is 1. The molecule has 2 aromatic rings. The average molecular weight is 334 g/mol. The Labute approximate surface area is 139 Å². The van der Waals surface area contributed by atoms with E-state index in [1.54, 1.807) is 11.8 Å². The molecule has 114 valence electrons. The molecule has 0 radical (unpaired) electrons. The van der Waals surface area contributed by atoms with Crippen LogP contribution in [-0.2, 0) is 4.79 Å². The molecule has 0 bridgehead atoms. The maximum absolute atomic E-state index is 12.1. The summed E-state index contributed by atoms with van der Waals surface area (Å²) in [7, 11) is 0. The highest BCUT2D eigenvalue weighted by Crippen LogP contribution is 2.38. The zero-order valence-corrected chi connectivity index (χ0v) is 13.5. The fourth-order valence-corrected chi connectivity index (χ4v) is 3.82. The summed E-state index contributed by atoms with van der Waals surface area (Å²) in [4.78, 5) is 14.0. The van der Waals surface area contributed by atoms with Crippen LogP contribution in [0.15, 0.2) is 54.6 Å². The van der Waals surface area contributed by atoms with Gasteiger partial charge in [-0.05, 0) is 29.8 Å². The molecule has 22 heavy (non-hydrogen) atoms. The molecule has 1 aliphatic rings. The Morgan fingerprint density at radius 1 is 1.18 bits per heavy atom. The molecule has 0 N–H and O–H groups in total. The largest absolute Gasteiger partial charge is 0.492 e. The molecule has 0 aromatic heterocycles. The summed E-state index contributed by atoms with van der Waals surface area (Å²) in [5, 5.41) is 0.712. The van der Waals surface area contributed by atoms with Gasteiger partial charge in [-0.3, -0.25) is 4.79 Å². The van der Waals surface area contributed by atoms with E-state index in [2.05, 4.69) is 0 Å².